The van der Waals surface area contributed by atoms with Gasteiger partial charge in [-0.3, -0.25) is 9.59 Å². The first kappa shape index (κ1) is 20.3. The minimum absolute atomic E-state index is 0.00521. The lowest BCUT2D eigenvalue weighted by molar-refractivity contribution is -0.133. The number of rotatable bonds is 14. The van der Waals surface area contributed by atoms with E-state index >= 15 is 0 Å². The molecule has 1 amide bonds. The third-order valence-electron chi connectivity index (χ3n) is 3.37. The van der Waals surface area contributed by atoms with Gasteiger partial charge in [-0.05, 0) is 12.8 Å². The van der Waals surface area contributed by atoms with Gasteiger partial charge in [-0.25, -0.2) is 0 Å². The molecule has 4 nitrogen and oxygen atoms in total. The predicted molar refractivity (Wildman–Crippen MR) is 89.8 cm³/mol. The van der Waals surface area contributed by atoms with Crippen LogP contribution in [0, 0.1) is 0 Å². The van der Waals surface area contributed by atoms with E-state index in [2.05, 4.69) is 13.8 Å². The number of hydrogen-bond acceptors (Lipinski definition) is 3. The van der Waals surface area contributed by atoms with Crippen LogP contribution in [0.3, 0.4) is 0 Å². The van der Waals surface area contributed by atoms with Crippen LogP contribution in [0.25, 0.3) is 0 Å². The van der Waals surface area contributed by atoms with Crippen molar-refractivity contribution in [2.24, 2.45) is 0 Å². The standard InChI is InChI=1S/C16H31NO3S/c1-3-5-7-9-11-17(12-10-8-6-4-2)15(18)13-21-14-16(19)20/h3-14H2,1-2H3,(H,19,20). The number of thioether (sulfide) groups is 1. The van der Waals surface area contributed by atoms with Crippen LogP contribution in [0.5, 0.6) is 0 Å². The summed E-state index contributed by atoms with van der Waals surface area (Å²) in [6.45, 7) is 5.99. The molecule has 0 aliphatic rings. The Hall–Kier alpha value is -0.710. The number of aliphatic carboxylic acids is 1. The fourth-order valence-corrected chi connectivity index (χ4v) is 2.77. The highest BCUT2D eigenvalue weighted by atomic mass is 32.2. The van der Waals surface area contributed by atoms with E-state index in [4.69, 9.17) is 5.11 Å². The molecule has 0 aliphatic heterocycles. The summed E-state index contributed by atoms with van der Waals surface area (Å²) in [5, 5.41) is 8.62. The van der Waals surface area contributed by atoms with Crippen LogP contribution in [0.1, 0.15) is 65.2 Å². The highest BCUT2D eigenvalue weighted by molar-refractivity contribution is 8.00. The third kappa shape index (κ3) is 12.7. The molecule has 0 radical (unpaired) electrons. The molecule has 0 bridgehead atoms. The summed E-state index contributed by atoms with van der Waals surface area (Å²) in [6, 6.07) is 0. The van der Waals surface area contributed by atoms with Crippen LogP contribution in [-0.2, 0) is 9.59 Å². The zero-order valence-electron chi connectivity index (χ0n) is 13.6. The predicted octanol–water partition coefficient (Wildman–Crippen LogP) is 3.79. The molecule has 5 heteroatoms. The Morgan fingerprint density at radius 2 is 1.38 bits per heavy atom. The molecule has 0 heterocycles. The maximum absolute atomic E-state index is 12.2. The second kappa shape index (κ2) is 14.2. The van der Waals surface area contributed by atoms with Gasteiger partial charge in [-0.2, -0.15) is 0 Å². The van der Waals surface area contributed by atoms with E-state index in [1.54, 1.807) is 0 Å². The molecule has 0 saturated carbocycles. The third-order valence-corrected chi connectivity index (χ3v) is 4.27. The molecule has 0 unspecified atom stereocenters. The lowest BCUT2D eigenvalue weighted by Gasteiger charge is -2.22. The second-order valence-corrected chi connectivity index (χ2v) is 6.37. The Kier molecular flexibility index (Phi) is 13.8. The van der Waals surface area contributed by atoms with Gasteiger partial charge in [0.1, 0.15) is 0 Å². The molecule has 1 N–H and O–H groups in total. The molecule has 0 atom stereocenters. The van der Waals surface area contributed by atoms with Gasteiger partial charge in [-0.15, -0.1) is 11.8 Å². The summed E-state index contributed by atoms with van der Waals surface area (Å²) < 4.78 is 0. The highest BCUT2D eigenvalue weighted by Crippen LogP contribution is 2.08. The summed E-state index contributed by atoms with van der Waals surface area (Å²) in [4.78, 5) is 24.6. The lowest BCUT2D eigenvalue weighted by Crippen LogP contribution is -2.34. The lowest BCUT2D eigenvalue weighted by atomic mass is 10.1. The quantitative estimate of drug-likeness (QED) is 0.495. The summed E-state index contributed by atoms with van der Waals surface area (Å²) in [5.74, 6) is -0.474. The first-order chi connectivity index (χ1) is 10.1. The van der Waals surface area contributed by atoms with Gasteiger partial charge in [0.25, 0.3) is 0 Å². The fourth-order valence-electron chi connectivity index (χ4n) is 2.14. The second-order valence-electron chi connectivity index (χ2n) is 5.39. The van der Waals surface area contributed by atoms with Crippen molar-refractivity contribution in [3.05, 3.63) is 0 Å². The molecule has 0 saturated heterocycles. The van der Waals surface area contributed by atoms with E-state index < -0.39 is 5.97 Å². The normalized spacial score (nSPS) is 10.6. The maximum atomic E-state index is 12.2. The molecule has 0 aromatic rings. The number of hydrogen-bond donors (Lipinski definition) is 1. The SMILES string of the molecule is CCCCCCN(CCCCCC)C(=O)CSCC(=O)O. The number of amides is 1. The molecule has 21 heavy (non-hydrogen) atoms. The van der Waals surface area contributed by atoms with Crippen LogP contribution in [0.2, 0.25) is 0 Å². The molecular formula is C16H31NO3S. The molecule has 0 aromatic heterocycles. The number of carbonyl (C=O) groups is 2. The van der Waals surface area contributed by atoms with Gasteiger partial charge in [-0.1, -0.05) is 52.4 Å². The van der Waals surface area contributed by atoms with Crippen molar-refractivity contribution in [2.45, 2.75) is 65.2 Å². The average Bonchev–Trinajstić information content (AvgIpc) is 2.45. The Morgan fingerprint density at radius 3 is 1.81 bits per heavy atom. The van der Waals surface area contributed by atoms with Gasteiger partial charge in [0.05, 0.1) is 11.5 Å². The Bertz CT molecular complexity index is 273. The molecule has 0 fully saturated rings. The van der Waals surface area contributed by atoms with Crippen molar-refractivity contribution in [1.82, 2.24) is 4.90 Å². The zero-order chi connectivity index (χ0) is 15.9. The van der Waals surface area contributed by atoms with Crippen molar-refractivity contribution < 1.29 is 14.7 Å². The number of carboxylic acid groups (broad SMARTS) is 1. The van der Waals surface area contributed by atoms with E-state index in [1.807, 2.05) is 4.90 Å². The summed E-state index contributed by atoms with van der Waals surface area (Å²) in [5.41, 5.74) is 0. The van der Waals surface area contributed by atoms with Crippen molar-refractivity contribution in [3.8, 4) is 0 Å². The molecule has 0 aromatic carbocycles. The first-order valence-corrected chi connectivity index (χ1v) is 9.34. The zero-order valence-corrected chi connectivity index (χ0v) is 14.4. The van der Waals surface area contributed by atoms with E-state index in [-0.39, 0.29) is 17.4 Å². The van der Waals surface area contributed by atoms with E-state index in [0.29, 0.717) is 0 Å². The van der Waals surface area contributed by atoms with E-state index in [9.17, 15) is 9.59 Å². The number of unbranched alkanes of at least 4 members (excludes halogenated alkanes) is 6. The molecule has 0 aliphatic carbocycles. The maximum Gasteiger partial charge on any atom is 0.313 e. The number of carboxylic acids is 1. The van der Waals surface area contributed by atoms with Gasteiger partial charge < -0.3 is 10.0 Å². The highest BCUT2D eigenvalue weighted by Gasteiger charge is 2.13. The van der Waals surface area contributed by atoms with Crippen molar-refractivity contribution in [1.29, 1.82) is 0 Å². The summed E-state index contributed by atoms with van der Waals surface area (Å²) in [7, 11) is 0. The van der Waals surface area contributed by atoms with Crippen molar-refractivity contribution in [2.75, 3.05) is 24.6 Å². The van der Waals surface area contributed by atoms with Crippen LogP contribution in [0.15, 0.2) is 0 Å². The molecule has 124 valence electrons. The molecular weight excluding hydrogens is 286 g/mol. The van der Waals surface area contributed by atoms with Gasteiger partial charge >= 0.3 is 5.97 Å². The Morgan fingerprint density at radius 1 is 0.857 bits per heavy atom. The average molecular weight is 317 g/mol. The van der Waals surface area contributed by atoms with Crippen molar-refractivity contribution >= 4 is 23.6 Å². The number of nitrogens with zero attached hydrogens (tertiary/aromatic N) is 1. The largest absolute Gasteiger partial charge is 0.481 e. The van der Waals surface area contributed by atoms with Crippen molar-refractivity contribution in [3.63, 3.8) is 0 Å². The smallest absolute Gasteiger partial charge is 0.313 e. The summed E-state index contributed by atoms with van der Waals surface area (Å²) >= 11 is 1.19. The molecule has 0 spiro atoms. The Balaban J connectivity index is 4.07. The Labute approximate surface area is 133 Å². The monoisotopic (exact) mass is 317 g/mol. The van der Waals surface area contributed by atoms with Gasteiger partial charge in [0.15, 0.2) is 0 Å². The van der Waals surface area contributed by atoms with Crippen LogP contribution >= 0.6 is 11.8 Å². The van der Waals surface area contributed by atoms with Crippen LogP contribution in [0.4, 0.5) is 0 Å². The fraction of sp³-hybridized carbons (Fsp3) is 0.875. The van der Waals surface area contributed by atoms with Crippen LogP contribution in [-0.4, -0.2) is 46.5 Å². The minimum atomic E-state index is -0.856. The van der Waals surface area contributed by atoms with E-state index in [0.717, 1.165) is 38.8 Å². The molecule has 0 rings (SSSR count). The number of carbonyl (C=O) groups excluding carboxylic acids is 1. The van der Waals surface area contributed by atoms with Gasteiger partial charge in [0, 0.05) is 13.1 Å². The minimum Gasteiger partial charge on any atom is -0.481 e. The van der Waals surface area contributed by atoms with Crippen LogP contribution < -0.4 is 0 Å². The van der Waals surface area contributed by atoms with E-state index in [1.165, 1.54) is 37.4 Å². The summed E-state index contributed by atoms with van der Waals surface area (Å²) in [6.07, 6.45) is 9.25. The first-order valence-electron chi connectivity index (χ1n) is 8.19. The topological polar surface area (TPSA) is 57.6 Å². The van der Waals surface area contributed by atoms with Gasteiger partial charge in [0.2, 0.25) is 5.91 Å².